The Kier molecular flexibility index (Phi) is 11.2. The van der Waals surface area contributed by atoms with Crippen molar-refractivity contribution in [1.82, 2.24) is 4.90 Å². The maximum absolute atomic E-state index is 11.7. The Morgan fingerprint density at radius 2 is 1.18 bits per heavy atom. The third-order valence-electron chi connectivity index (χ3n) is 4.00. The number of methoxy groups -OCH3 is 2. The highest BCUT2D eigenvalue weighted by Crippen LogP contribution is 2.12. The predicted octanol–water partition coefficient (Wildman–Crippen LogP) is 0.633. The maximum atomic E-state index is 11.7. The molecule has 0 bridgehead atoms. The first-order valence-corrected chi connectivity index (χ1v) is 9.02. The summed E-state index contributed by atoms with van der Waals surface area (Å²) in [6.45, 7) is 2.51. The molecule has 156 valence electrons. The molecule has 1 aliphatic heterocycles. The Hall–Kier alpha value is -2.68. The predicted molar refractivity (Wildman–Crippen MR) is 98.0 cm³/mol. The summed E-state index contributed by atoms with van der Waals surface area (Å²) in [5.74, 6) is -2.94. The van der Waals surface area contributed by atoms with E-state index in [1.807, 2.05) is 0 Å². The molecule has 1 aliphatic rings. The van der Waals surface area contributed by atoms with Crippen LogP contribution in [0.3, 0.4) is 0 Å². The van der Waals surface area contributed by atoms with Gasteiger partial charge in [-0.25, -0.2) is 19.2 Å². The third kappa shape index (κ3) is 10.5. The van der Waals surface area contributed by atoms with Crippen molar-refractivity contribution in [2.75, 3.05) is 47.1 Å². The number of hydrogen-bond acceptors (Lipinski definition) is 9. The Morgan fingerprint density at radius 1 is 0.750 bits per heavy atom. The molecule has 0 amide bonds. The van der Waals surface area contributed by atoms with Crippen molar-refractivity contribution in [2.24, 2.45) is 5.92 Å². The SMILES string of the molecule is COC(=O)/C=C/C(=O)OCC(COC(=O)/C=C/C(=O)OC)CN1CCCCC1. The van der Waals surface area contributed by atoms with E-state index in [0.29, 0.717) is 6.54 Å². The quantitative estimate of drug-likeness (QED) is 0.298. The van der Waals surface area contributed by atoms with Gasteiger partial charge in [0.15, 0.2) is 0 Å². The lowest BCUT2D eigenvalue weighted by atomic mass is 10.1. The van der Waals surface area contributed by atoms with Gasteiger partial charge in [-0.1, -0.05) is 6.42 Å². The lowest BCUT2D eigenvalue weighted by Gasteiger charge is -2.30. The molecule has 0 aromatic carbocycles. The van der Waals surface area contributed by atoms with Crippen LogP contribution in [-0.4, -0.2) is 75.8 Å². The Bertz CT molecular complexity index is 551. The first kappa shape index (κ1) is 23.4. The Morgan fingerprint density at radius 3 is 1.61 bits per heavy atom. The van der Waals surface area contributed by atoms with Crippen LogP contribution < -0.4 is 0 Å². The largest absolute Gasteiger partial charge is 0.466 e. The molecule has 0 aromatic heterocycles. The minimum absolute atomic E-state index is 0.0227. The van der Waals surface area contributed by atoms with Crippen LogP contribution in [0.5, 0.6) is 0 Å². The van der Waals surface area contributed by atoms with E-state index in [-0.39, 0.29) is 19.1 Å². The van der Waals surface area contributed by atoms with Gasteiger partial charge in [-0.15, -0.1) is 0 Å². The summed E-state index contributed by atoms with van der Waals surface area (Å²) in [6, 6.07) is 0. The zero-order valence-corrected chi connectivity index (χ0v) is 16.3. The van der Waals surface area contributed by atoms with E-state index in [1.54, 1.807) is 0 Å². The maximum Gasteiger partial charge on any atom is 0.331 e. The van der Waals surface area contributed by atoms with Gasteiger partial charge in [0, 0.05) is 36.8 Å². The standard InChI is InChI=1S/C19H27NO8/c1-25-16(21)6-8-18(23)27-13-15(12-20-10-4-3-5-11-20)14-28-19(24)9-7-17(22)26-2/h6-9,15H,3-5,10-14H2,1-2H3/b8-6+,9-7+. The highest BCUT2D eigenvalue weighted by atomic mass is 16.5. The zero-order valence-electron chi connectivity index (χ0n) is 16.3. The van der Waals surface area contributed by atoms with Gasteiger partial charge in [0.2, 0.25) is 0 Å². The second-order valence-electron chi connectivity index (χ2n) is 6.20. The second kappa shape index (κ2) is 13.5. The van der Waals surface area contributed by atoms with Crippen LogP contribution in [0.25, 0.3) is 0 Å². The molecule has 1 saturated heterocycles. The summed E-state index contributed by atoms with van der Waals surface area (Å²) >= 11 is 0. The lowest BCUT2D eigenvalue weighted by molar-refractivity contribution is -0.144. The van der Waals surface area contributed by atoms with E-state index in [4.69, 9.17) is 9.47 Å². The van der Waals surface area contributed by atoms with Crippen molar-refractivity contribution in [3.63, 3.8) is 0 Å². The van der Waals surface area contributed by atoms with E-state index in [2.05, 4.69) is 14.4 Å². The summed E-state index contributed by atoms with van der Waals surface area (Å²) in [4.78, 5) is 47.7. The van der Waals surface area contributed by atoms with Crippen LogP contribution in [0.2, 0.25) is 0 Å². The van der Waals surface area contributed by atoms with Crippen LogP contribution >= 0.6 is 0 Å². The van der Waals surface area contributed by atoms with Gasteiger partial charge in [0.1, 0.15) is 0 Å². The number of carbonyl (C=O) groups is 4. The smallest absolute Gasteiger partial charge is 0.331 e. The summed E-state index contributed by atoms with van der Waals surface area (Å²) in [7, 11) is 2.41. The van der Waals surface area contributed by atoms with Gasteiger partial charge < -0.3 is 23.8 Å². The van der Waals surface area contributed by atoms with Crippen LogP contribution in [0.15, 0.2) is 24.3 Å². The molecule has 0 unspecified atom stereocenters. The van der Waals surface area contributed by atoms with Crippen LogP contribution in [0.1, 0.15) is 19.3 Å². The minimum atomic E-state index is -0.689. The van der Waals surface area contributed by atoms with Crippen LogP contribution in [0.4, 0.5) is 0 Å². The number of ether oxygens (including phenoxy) is 4. The second-order valence-corrected chi connectivity index (χ2v) is 6.20. The molecule has 0 aliphatic carbocycles. The number of likely N-dealkylation sites (tertiary alicyclic amines) is 1. The number of piperidine rings is 1. The highest BCUT2D eigenvalue weighted by molar-refractivity contribution is 5.92. The summed E-state index contributed by atoms with van der Waals surface area (Å²) in [6.07, 6.45) is 7.27. The molecule has 1 rings (SSSR count). The van der Waals surface area contributed by atoms with Crippen molar-refractivity contribution in [1.29, 1.82) is 0 Å². The fraction of sp³-hybridized carbons (Fsp3) is 0.579. The van der Waals surface area contributed by atoms with Crippen LogP contribution in [0, 0.1) is 5.92 Å². The molecule has 9 nitrogen and oxygen atoms in total. The number of esters is 4. The molecule has 0 atom stereocenters. The van der Waals surface area contributed by atoms with Gasteiger partial charge in [-0.2, -0.15) is 0 Å². The molecule has 1 heterocycles. The molecule has 0 radical (unpaired) electrons. The molecule has 1 fully saturated rings. The van der Waals surface area contributed by atoms with Crippen molar-refractivity contribution in [3.8, 4) is 0 Å². The molecule has 28 heavy (non-hydrogen) atoms. The van der Waals surface area contributed by atoms with Gasteiger partial charge >= 0.3 is 23.9 Å². The van der Waals surface area contributed by atoms with Crippen LogP contribution in [-0.2, 0) is 38.1 Å². The van der Waals surface area contributed by atoms with Gasteiger partial charge in [0.05, 0.1) is 27.4 Å². The molecule has 0 saturated carbocycles. The molecule has 0 aromatic rings. The van der Waals surface area contributed by atoms with Gasteiger partial charge in [-0.05, 0) is 25.9 Å². The van der Waals surface area contributed by atoms with Gasteiger partial charge in [-0.3, -0.25) is 0 Å². The number of nitrogens with zero attached hydrogens (tertiary/aromatic N) is 1. The average molecular weight is 397 g/mol. The van der Waals surface area contributed by atoms with Crippen molar-refractivity contribution in [2.45, 2.75) is 19.3 Å². The molecular weight excluding hydrogens is 370 g/mol. The molecule has 0 spiro atoms. The van der Waals surface area contributed by atoms with Gasteiger partial charge in [0.25, 0.3) is 0 Å². The van der Waals surface area contributed by atoms with E-state index >= 15 is 0 Å². The van der Waals surface area contributed by atoms with E-state index in [0.717, 1.165) is 50.2 Å². The fourth-order valence-corrected chi connectivity index (χ4v) is 2.57. The Labute approximate surface area is 164 Å². The molecule has 0 N–H and O–H groups in total. The van der Waals surface area contributed by atoms with Crippen molar-refractivity contribution >= 4 is 23.9 Å². The van der Waals surface area contributed by atoms with Crippen molar-refractivity contribution < 1.29 is 38.1 Å². The van der Waals surface area contributed by atoms with E-state index in [9.17, 15) is 19.2 Å². The lowest BCUT2D eigenvalue weighted by Crippen LogP contribution is -2.37. The first-order valence-electron chi connectivity index (χ1n) is 9.02. The molecule has 9 heteroatoms. The minimum Gasteiger partial charge on any atom is -0.466 e. The fourth-order valence-electron chi connectivity index (χ4n) is 2.57. The summed E-state index contributed by atoms with van der Waals surface area (Å²) in [5.41, 5.74) is 0. The topological polar surface area (TPSA) is 108 Å². The number of rotatable bonds is 10. The normalized spacial score (nSPS) is 15.0. The first-order chi connectivity index (χ1) is 13.4. The average Bonchev–Trinajstić information content (AvgIpc) is 2.72. The van der Waals surface area contributed by atoms with E-state index in [1.165, 1.54) is 20.6 Å². The zero-order chi connectivity index (χ0) is 20.8. The monoisotopic (exact) mass is 397 g/mol. The Balaban J connectivity index is 2.55. The summed E-state index contributed by atoms with van der Waals surface area (Å²) in [5, 5.41) is 0. The van der Waals surface area contributed by atoms with E-state index < -0.39 is 23.9 Å². The highest BCUT2D eigenvalue weighted by Gasteiger charge is 2.19. The summed E-state index contributed by atoms with van der Waals surface area (Å²) < 4.78 is 19.1. The number of carbonyl (C=O) groups excluding carboxylic acids is 4. The van der Waals surface area contributed by atoms with Crippen molar-refractivity contribution in [3.05, 3.63) is 24.3 Å². The molecular formula is C19H27NO8. The number of hydrogen-bond donors (Lipinski definition) is 0. The third-order valence-corrected chi connectivity index (χ3v) is 4.00.